The number of halogens is 2. The van der Waals surface area contributed by atoms with Crippen LogP contribution < -0.4 is 47.7 Å². The van der Waals surface area contributed by atoms with Gasteiger partial charge in [0.1, 0.15) is 47.9 Å². The van der Waals surface area contributed by atoms with E-state index in [2.05, 4.69) is 43.6 Å². The number of aromatic hydroxyl groups is 1. The number of carbonyl (C=O) groups excluding carboxylic acids is 7. The third-order valence-electron chi connectivity index (χ3n) is 17.8. The fourth-order valence-electron chi connectivity index (χ4n) is 12.4. The summed E-state index contributed by atoms with van der Waals surface area (Å²) < 4.78 is 18.5. The van der Waals surface area contributed by atoms with Gasteiger partial charge in [0.05, 0.1) is 54.6 Å². The van der Waals surface area contributed by atoms with Gasteiger partial charge in [0, 0.05) is 107 Å². The number of aromatic nitrogens is 3. The first-order valence-corrected chi connectivity index (χ1v) is 33.3. The number of imidazole rings is 1. The second kappa shape index (κ2) is 36.1. The standard InChI is InChI=1S/C65H89N13O17S.2ClH/c1-35-32-77-55(56(35)85)61(90)68-31-42(80)29-45(69-57(86)39-10-8-38(9-11-39)46-34-78-65(70-46)96-62(74-78)40-12-14-41(15-13-40)75-22-18-44(19-23-75)94-25-6-4-5-24-93-3)58(87)71-52(36(2)79)63(91)76-33-43(81)30-47(76)59(88)72-53(60(89)73-54(64(77)92)49(83)17-20-66)50(84)27-37-7-16-48(82)51(28-37)95-26-21-67;;/h7-16,28,34-36,42-45,47,49-50,52-56,79-85H,4-6,17-27,29-33,66-67H2,1-3H3,(H,68,90)(H,69,86)(H,71,87)(H,72,88)(H,73,89);2*1H/t35-,36+,42+,43+,45-,47-,49+,50+,52-,53-,54-,55-,56-;;/m0../s1. The van der Waals surface area contributed by atoms with Crippen molar-refractivity contribution in [2.24, 2.45) is 17.4 Å². The van der Waals surface area contributed by atoms with E-state index >= 15 is 0 Å². The Labute approximate surface area is 582 Å². The maximum atomic E-state index is 14.7. The van der Waals surface area contributed by atoms with E-state index in [1.54, 1.807) is 30.0 Å². The molecule has 33 heteroatoms. The summed E-state index contributed by atoms with van der Waals surface area (Å²) >= 11 is 1.40. The molecule has 4 saturated heterocycles. The van der Waals surface area contributed by atoms with E-state index < -0.39 is 152 Å². The summed E-state index contributed by atoms with van der Waals surface area (Å²) in [6.07, 6.45) is -4.79. The minimum atomic E-state index is -2.04. The Hall–Kier alpha value is -7.37. The third kappa shape index (κ3) is 19.3. The Kier molecular flexibility index (Phi) is 28.7. The van der Waals surface area contributed by atoms with Crippen LogP contribution in [0.5, 0.6) is 11.5 Å². The Balaban J connectivity index is 0.00000676. The number of phenolic OH excluding ortho intramolecular Hbond substituents is 1. The minimum absolute atomic E-state index is 0. The molecule has 6 heterocycles. The molecular formula is C65H91Cl2N13O17S. The molecule has 4 aliphatic heterocycles. The first-order chi connectivity index (χ1) is 46.0. The molecule has 13 atom stereocenters. The van der Waals surface area contributed by atoms with Gasteiger partial charge in [-0.2, -0.15) is 5.10 Å². The second-order valence-electron chi connectivity index (χ2n) is 25.0. The van der Waals surface area contributed by atoms with Crippen LogP contribution in [0.4, 0.5) is 5.69 Å². The highest BCUT2D eigenvalue weighted by Gasteiger charge is 2.50. The van der Waals surface area contributed by atoms with Gasteiger partial charge < -0.3 is 103 Å². The normalized spacial score (nSPS) is 24.9. The number of fused-ring (bicyclic) bond motifs is 3. The lowest BCUT2D eigenvalue weighted by molar-refractivity contribution is -0.147. The molecular weight excluding hydrogens is 1340 g/mol. The van der Waals surface area contributed by atoms with Crippen molar-refractivity contribution in [3.05, 3.63) is 84.1 Å². The van der Waals surface area contributed by atoms with Crippen LogP contribution in [0.25, 0.3) is 26.8 Å². The molecule has 5 aromatic rings. The monoisotopic (exact) mass is 1430 g/mol. The molecule has 30 nitrogen and oxygen atoms in total. The highest BCUT2D eigenvalue weighted by Crippen LogP contribution is 2.33. The molecule has 0 aliphatic carbocycles. The summed E-state index contributed by atoms with van der Waals surface area (Å²) in [6.45, 7) is 4.40. The maximum Gasteiger partial charge on any atom is 0.251 e. The Bertz CT molecular complexity index is 3460. The molecule has 4 aliphatic rings. The largest absolute Gasteiger partial charge is 0.504 e. The van der Waals surface area contributed by atoms with Crippen LogP contribution in [-0.4, -0.2) is 253 Å². The Morgan fingerprint density at radius 2 is 1.43 bits per heavy atom. The van der Waals surface area contributed by atoms with Crippen molar-refractivity contribution in [1.82, 2.24) is 51.0 Å². The number of ether oxygens (including phenoxy) is 3. The lowest BCUT2D eigenvalue weighted by Crippen LogP contribution is -2.64. The number of amides is 7. The van der Waals surface area contributed by atoms with Crippen LogP contribution in [0.1, 0.15) is 81.1 Å². The van der Waals surface area contributed by atoms with Crippen LogP contribution in [0.2, 0.25) is 0 Å². The number of benzene rings is 3. The molecule has 3 aromatic carbocycles. The van der Waals surface area contributed by atoms with Crippen molar-refractivity contribution in [3.8, 4) is 33.3 Å². The van der Waals surface area contributed by atoms with Gasteiger partial charge in [0.25, 0.3) is 5.91 Å². The number of methoxy groups -OCH3 is 1. The number of β-amino-alcohol motifs (C(OH)–C–C–N with tert-alkyl or cyclic N) is 1. The lowest BCUT2D eigenvalue weighted by atomic mass is 9.98. The van der Waals surface area contributed by atoms with Gasteiger partial charge in [-0.05, 0) is 106 Å². The van der Waals surface area contributed by atoms with E-state index in [-0.39, 0.29) is 86.2 Å². The van der Waals surface area contributed by atoms with Crippen LogP contribution in [-0.2, 0) is 44.7 Å². The number of nitrogens with one attached hydrogen (secondary N) is 5. The zero-order valence-electron chi connectivity index (χ0n) is 54.7. The number of carbonyl (C=O) groups is 7. The fraction of sp³-hybridized carbons (Fsp3) is 0.554. The number of aliphatic hydroxyl groups is 6. The summed E-state index contributed by atoms with van der Waals surface area (Å²) in [7, 11) is 1.72. The van der Waals surface area contributed by atoms with E-state index in [0.29, 0.717) is 16.2 Å². The van der Waals surface area contributed by atoms with Crippen LogP contribution in [0, 0.1) is 5.92 Å². The van der Waals surface area contributed by atoms with Crippen LogP contribution in [0.3, 0.4) is 0 Å². The van der Waals surface area contributed by atoms with Crippen molar-refractivity contribution in [2.45, 2.75) is 151 Å². The number of hydrogen-bond acceptors (Lipinski definition) is 23. The first kappa shape index (κ1) is 78.0. The fourth-order valence-corrected chi connectivity index (χ4v) is 13.3. The molecule has 2 aromatic heterocycles. The van der Waals surface area contributed by atoms with Crippen LogP contribution in [0.15, 0.2) is 72.9 Å². The highest BCUT2D eigenvalue weighted by atomic mass is 35.5. The molecule has 98 heavy (non-hydrogen) atoms. The zero-order chi connectivity index (χ0) is 68.9. The summed E-state index contributed by atoms with van der Waals surface area (Å²) in [5.74, 6) is -8.66. The number of aliphatic hydroxyl groups excluding tert-OH is 6. The van der Waals surface area contributed by atoms with E-state index in [9.17, 15) is 69.3 Å². The van der Waals surface area contributed by atoms with Gasteiger partial charge >= 0.3 is 0 Å². The van der Waals surface area contributed by atoms with Crippen molar-refractivity contribution < 1.29 is 83.5 Å². The Morgan fingerprint density at radius 1 is 0.755 bits per heavy atom. The summed E-state index contributed by atoms with van der Waals surface area (Å²) in [4.78, 5) is 111. The summed E-state index contributed by atoms with van der Waals surface area (Å²) in [6, 6.07) is 7.52. The number of unbranched alkanes of at least 4 members (excludes halogenated alkanes) is 2. The lowest BCUT2D eigenvalue weighted by Gasteiger charge is -2.34. The number of phenols is 1. The van der Waals surface area contributed by atoms with Gasteiger partial charge in [0.2, 0.25) is 40.4 Å². The van der Waals surface area contributed by atoms with Gasteiger partial charge in [-0.15, -0.1) is 24.8 Å². The number of anilines is 1. The molecule has 16 N–H and O–H groups in total. The van der Waals surface area contributed by atoms with Gasteiger partial charge in [-0.1, -0.05) is 36.5 Å². The summed E-state index contributed by atoms with van der Waals surface area (Å²) in [5, 5.41) is 97.1. The molecule has 0 unspecified atom stereocenters. The number of piperidine rings is 1. The van der Waals surface area contributed by atoms with Crippen LogP contribution >= 0.6 is 36.2 Å². The van der Waals surface area contributed by atoms with E-state index in [1.165, 1.54) is 48.6 Å². The molecule has 7 amide bonds. The molecule has 538 valence electrons. The van der Waals surface area contributed by atoms with E-state index in [1.807, 2.05) is 12.1 Å². The van der Waals surface area contributed by atoms with Crippen molar-refractivity contribution >= 4 is 88.1 Å². The number of nitrogens with two attached hydrogens (primary N) is 2. The van der Waals surface area contributed by atoms with Gasteiger partial charge in [-0.25, -0.2) is 9.50 Å². The number of nitrogens with zero attached hydrogens (tertiary/aromatic N) is 6. The average molecular weight is 1430 g/mol. The summed E-state index contributed by atoms with van der Waals surface area (Å²) in [5.41, 5.74) is 14.9. The quantitative estimate of drug-likeness (QED) is 0.0374. The average Bonchev–Trinajstić information content (AvgIpc) is 1.63. The minimum Gasteiger partial charge on any atom is -0.504 e. The van der Waals surface area contributed by atoms with Gasteiger partial charge in [-0.3, -0.25) is 33.6 Å². The maximum absolute atomic E-state index is 14.7. The SMILES string of the molecule is COCCCCCOC1CCN(c2ccc(-c3nn4cc(-c5ccc(C(=O)N[C@H]6C[C@@H](O)CNC(=O)[C@@H]7[C@@H](O)[C@@H](C)CN7C(=O)[C@H]([C@H](O)CCN)NC(=O)[C@H]([C@H](O)Cc7ccc(O)c(OCCN)c7)NC(=O)[C@@H]7C[C@@H](O)CN7C(=O)[C@H]([C@@H](C)O)NC6=O)cc5)nc4s3)cc2)CC1.Cl.Cl. The molecule has 0 spiro atoms. The zero-order valence-corrected chi connectivity index (χ0v) is 57.2. The molecule has 0 saturated carbocycles. The predicted molar refractivity (Wildman–Crippen MR) is 364 cm³/mol. The molecule has 0 radical (unpaired) electrons. The number of hydrogen-bond donors (Lipinski definition) is 14. The van der Waals surface area contributed by atoms with Crippen molar-refractivity contribution in [2.75, 3.05) is 77.6 Å². The Morgan fingerprint density at radius 3 is 2.10 bits per heavy atom. The number of rotatable bonds is 22. The molecule has 4 fully saturated rings. The highest BCUT2D eigenvalue weighted by molar-refractivity contribution is 7.19. The van der Waals surface area contributed by atoms with E-state index in [4.69, 9.17) is 35.8 Å². The first-order valence-electron chi connectivity index (χ1n) is 32.5. The van der Waals surface area contributed by atoms with Crippen molar-refractivity contribution in [1.29, 1.82) is 0 Å². The van der Waals surface area contributed by atoms with Crippen molar-refractivity contribution in [3.63, 3.8) is 0 Å². The van der Waals surface area contributed by atoms with Gasteiger partial charge in [0.15, 0.2) is 11.5 Å². The molecule has 0 bridgehead atoms. The smallest absolute Gasteiger partial charge is 0.251 e. The predicted octanol–water partition coefficient (Wildman–Crippen LogP) is -0.889. The molecule has 9 rings (SSSR count). The topological polar surface area (TPSA) is 441 Å². The third-order valence-corrected chi connectivity index (χ3v) is 18.8. The van der Waals surface area contributed by atoms with E-state index in [0.717, 1.165) is 91.4 Å². The second-order valence-corrected chi connectivity index (χ2v) is 26.0.